The van der Waals surface area contributed by atoms with E-state index in [-0.39, 0.29) is 17.2 Å². The number of hydrogen-bond acceptors (Lipinski definition) is 7. The van der Waals surface area contributed by atoms with Crippen LogP contribution in [-0.2, 0) is 11.4 Å². The van der Waals surface area contributed by atoms with Crippen molar-refractivity contribution in [2.75, 3.05) is 12.0 Å². The number of halogens is 1. The maximum Gasteiger partial charge on any atom is 0.298 e. The summed E-state index contributed by atoms with van der Waals surface area (Å²) in [4.78, 5) is 37.4. The number of imide groups is 1. The Morgan fingerprint density at radius 2 is 1.85 bits per heavy atom. The molecule has 3 aromatic rings. The van der Waals surface area contributed by atoms with E-state index < -0.39 is 16.1 Å². The zero-order valence-corrected chi connectivity index (χ0v) is 20.2. The number of nitro groups is 1. The second-order valence-electron chi connectivity index (χ2n) is 7.09. The molecule has 0 saturated carbocycles. The number of rotatable bonds is 7. The normalized spacial score (nSPS) is 14.5. The van der Waals surface area contributed by atoms with Crippen molar-refractivity contribution in [2.45, 2.75) is 6.61 Å². The van der Waals surface area contributed by atoms with Gasteiger partial charge in [0.05, 0.1) is 27.1 Å². The summed E-state index contributed by atoms with van der Waals surface area (Å²) in [7, 11) is 1.48. The predicted octanol–water partition coefficient (Wildman–Crippen LogP) is 6.19. The highest BCUT2D eigenvalue weighted by Crippen LogP contribution is 2.40. The average Bonchev–Trinajstić information content (AvgIpc) is 3.11. The highest BCUT2D eigenvalue weighted by molar-refractivity contribution is 9.10. The lowest BCUT2D eigenvalue weighted by atomic mass is 10.2. The van der Waals surface area contributed by atoms with Gasteiger partial charge in [-0.15, -0.1) is 0 Å². The van der Waals surface area contributed by atoms with Crippen molar-refractivity contribution in [1.29, 1.82) is 0 Å². The highest BCUT2D eigenvalue weighted by Gasteiger charge is 2.37. The van der Waals surface area contributed by atoms with Crippen LogP contribution < -0.4 is 14.4 Å². The smallest absolute Gasteiger partial charge is 0.298 e. The van der Waals surface area contributed by atoms with E-state index >= 15 is 0 Å². The van der Waals surface area contributed by atoms with Crippen molar-refractivity contribution in [3.05, 3.63) is 97.3 Å². The molecule has 8 nitrogen and oxygen atoms in total. The number of anilines is 1. The minimum Gasteiger partial charge on any atom is -0.495 e. The van der Waals surface area contributed by atoms with Crippen LogP contribution in [0, 0.1) is 10.1 Å². The zero-order valence-electron chi connectivity index (χ0n) is 17.8. The van der Waals surface area contributed by atoms with Crippen LogP contribution in [0.2, 0.25) is 0 Å². The fourth-order valence-electron chi connectivity index (χ4n) is 3.29. The number of thioether (sulfide) groups is 1. The molecule has 0 unspecified atom stereocenters. The van der Waals surface area contributed by atoms with Gasteiger partial charge in [-0.25, -0.2) is 4.90 Å². The lowest BCUT2D eigenvalue weighted by Gasteiger charge is -2.15. The van der Waals surface area contributed by atoms with Gasteiger partial charge in [0.1, 0.15) is 18.1 Å². The molecule has 0 radical (unpaired) electrons. The van der Waals surface area contributed by atoms with Gasteiger partial charge in [0.15, 0.2) is 0 Å². The van der Waals surface area contributed by atoms with Crippen molar-refractivity contribution in [1.82, 2.24) is 0 Å². The molecule has 2 amide bonds. The average molecular weight is 541 g/mol. The third-order valence-corrected chi connectivity index (χ3v) is 6.38. The predicted molar refractivity (Wildman–Crippen MR) is 133 cm³/mol. The van der Waals surface area contributed by atoms with Gasteiger partial charge in [-0.1, -0.05) is 30.3 Å². The molecule has 1 saturated heterocycles. The van der Waals surface area contributed by atoms with E-state index in [1.807, 2.05) is 0 Å². The van der Waals surface area contributed by atoms with Gasteiger partial charge in [-0.2, -0.15) is 0 Å². The zero-order chi connectivity index (χ0) is 24.2. The number of carbonyl (C=O) groups is 2. The number of non-ortho nitro benzene ring substituents is 1. The summed E-state index contributed by atoms with van der Waals surface area (Å²) in [6, 6.07) is 18.3. The molecule has 172 valence electrons. The Labute approximate surface area is 207 Å². The molecule has 1 aliphatic heterocycles. The van der Waals surface area contributed by atoms with Crippen LogP contribution in [0.25, 0.3) is 6.08 Å². The van der Waals surface area contributed by atoms with Gasteiger partial charge in [-0.3, -0.25) is 19.7 Å². The summed E-state index contributed by atoms with van der Waals surface area (Å²) in [6.07, 6.45) is 1.63. The molecule has 4 rings (SSSR count). The number of nitrogens with zero attached hydrogens (tertiary/aromatic N) is 2. The van der Waals surface area contributed by atoms with Crippen LogP contribution in [0.1, 0.15) is 11.1 Å². The number of para-hydroxylation sites is 2. The Bertz CT molecular complexity index is 1330. The van der Waals surface area contributed by atoms with Crippen LogP contribution in [0.5, 0.6) is 11.5 Å². The minimum absolute atomic E-state index is 0.00224. The summed E-state index contributed by atoms with van der Waals surface area (Å²) in [5.74, 6) is 0.534. The fraction of sp³-hybridized carbons (Fsp3) is 0.0833. The lowest BCUT2D eigenvalue weighted by molar-refractivity contribution is -0.384. The Morgan fingerprint density at radius 3 is 2.59 bits per heavy atom. The molecular formula is C24H17BrN2O6S. The van der Waals surface area contributed by atoms with Gasteiger partial charge in [0.2, 0.25) is 0 Å². The maximum absolute atomic E-state index is 13.0. The van der Waals surface area contributed by atoms with E-state index in [2.05, 4.69) is 15.9 Å². The van der Waals surface area contributed by atoms with Crippen molar-refractivity contribution in [2.24, 2.45) is 0 Å². The van der Waals surface area contributed by atoms with E-state index in [0.29, 0.717) is 32.8 Å². The van der Waals surface area contributed by atoms with Crippen LogP contribution in [0.4, 0.5) is 16.2 Å². The largest absolute Gasteiger partial charge is 0.495 e. The number of hydrogen-bond donors (Lipinski definition) is 0. The monoisotopic (exact) mass is 540 g/mol. The van der Waals surface area contributed by atoms with Crippen molar-refractivity contribution in [3.63, 3.8) is 0 Å². The first-order chi connectivity index (χ1) is 16.4. The van der Waals surface area contributed by atoms with E-state index in [1.165, 1.54) is 19.2 Å². The summed E-state index contributed by atoms with van der Waals surface area (Å²) in [5.41, 5.74) is 1.75. The number of carbonyl (C=O) groups excluding carboxylic acids is 2. The molecule has 1 aliphatic rings. The van der Waals surface area contributed by atoms with Crippen LogP contribution in [0.15, 0.2) is 76.1 Å². The molecule has 0 aromatic heterocycles. The number of amides is 2. The van der Waals surface area contributed by atoms with Gasteiger partial charge in [0, 0.05) is 12.1 Å². The molecule has 3 aromatic carbocycles. The van der Waals surface area contributed by atoms with Crippen molar-refractivity contribution >= 4 is 56.3 Å². The molecular weight excluding hydrogens is 524 g/mol. The van der Waals surface area contributed by atoms with E-state index in [4.69, 9.17) is 9.47 Å². The first-order valence-electron chi connectivity index (χ1n) is 9.94. The number of methoxy groups -OCH3 is 1. The number of benzene rings is 3. The summed E-state index contributed by atoms with van der Waals surface area (Å²) >= 11 is 4.31. The fourth-order valence-corrected chi connectivity index (χ4v) is 4.63. The van der Waals surface area contributed by atoms with Gasteiger partial charge in [0.25, 0.3) is 16.8 Å². The molecule has 0 bridgehead atoms. The summed E-state index contributed by atoms with van der Waals surface area (Å²) in [6.45, 7) is 0.150. The second-order valence-corrected chi connectivity index (χ2v) is 8.94. The van der Waals surface area contributed by atoms with Crippen molar-refractivity contribution in [3.8, 4) is 11.5 Å². The summed E-state index contributed by atoms with van der Waals surface area (Å²) < 4.78 is 11.7. The highest BCUT2D eigenvalue weighted by atomic mass is 79.9. The van der Waals surface area contributed by atoms with Crippen LogP contribution in [-0.4, -0.2) is 23.2 Å². The van der Waals surface area contributed by atoms with Crippen LogP contribution >= 0.6 is 27.7 Å². The first kappa shape index (κ1) is 23.5. The molecule has 0 atom stereocenters. The molecule has 10 heteroatoms. The third-order valence-electron chi connectivity index (χ3n) is 4.89. The Kier molecular flexibility index (Phi) is 6.99. The van der Waals surface area contributed by atoms with Crippen molar-refractivity contribution < 1.29 is 24.0 Å². The van der Waals surface area contributed by atoms with Gasteiger partial charge < -0.3 is 9.47 Å². The quantitative estimate of drug-likeness (QED) is 0.200. The number of nitro benzene ring substituents is 1. The Hall–Kier alpha value is -3.63. The maximum atomic E-state index is 13.0. The SMILES string of the molecule is COc1ccccc1N1C(=O)S/C(=C\c2ccc(OCc3cccc([N+](=O)[O-])c3)c(Br)c2)C1=O. The van der Waals surface area contributed by atoms with E-state index in [9.17, 15) is 19.7 Å². The van der Waals surface area contributed by atoms with Gasteiger partial charge >= 0.3 is 0 Å². The Morgan fingerprint density at radius 1 is 1.06 bits per heavy atom. The first-order valence-corrected chi connectivity index (χ1v) is 11.5. The topological polar surface area (TPSA) is 99.0 Å². The number of ether oxygens (including phenoxy) is 2. The van der Waals surface area contributed by atoms with E-state index in [0.717, 1.165) is 16.7 Å². The van der Waals surface area contributed by atoms with Gasteiger partial charge in [-0.05, 0) is 69.2 Å². The molecule has 34 heavy (non-hydrogen) atoms. The Balaban J connectivity index is 1.50. The second kappa shape index (κ2) is 10.1. The standard InChI is InChI=1S/C24H17BrN2O6S/c1-32-21-8-3-2-7-19(21)26-23(28)22(34-24(26)29)13-15-9-10-20(18(25)12-15)33-14-16-5-4-6-17(11-16)27(30)31/h2-13H,14H2,1H3/b22-13-. The lowest BCUT2D eigenvalue weighted by Crippen LogP contribution is -2.28. The van der Waals surface area contributed by atoms with Crippen LogP contribution in [0.3, 0.4) is 0 Å². The molecule has 1 fully saturated rings. The minimum atomic E-state index is -0.455. The third kappa shape index (κ3) is 4.97. The molecule has 0 N–H and O–H groups in total. The molecule has 0 spiro atoms. The summed E-state index contributed by atoms with van der Waals surface area (Å²) in [5, 5.41) is 10.5. The van der Waals surface area contributed by atoms with E-state index in [1.54, 1.807) is 60.7 Å². The molecule has 0 aliphatic carbocycles. The molecule has 1 heterocycles.